The number of likely N-dealkylation sites (N-methyl/N-ethyl adjacent to an activating group) is 1. The number of ketones is 2. The normalized spacial score (nSPS) is 28.5. The highest BCUT2D eigenvalue weighted by Gasteiger charge is 2.66. The van der Waals surface area contributed by atoms with Gasteiger partial charge in [0, 0.05) is 35.7 Å². The van der Waals surface area contributed by atoms with Crippen LogP contribution in [0.5, 0.6) is 11.5 Å². The van der Waals surface area contributed by atoms with Gasteiger partial charge in [-0.15, -0.1) is 0 Å². The Morgan fingerprint density at radius 3 is 2.47 bits per heavy atom. The van der Waals surface area contributed by atoms with Gasteiger partial charge in [0.15, 0.2) is 17.2 Å². The predicted molar refractivity (Wildman–Crippen MR) is 157 cm³/mol. The van der Waals surface area contributed by atoms with Crippen molar-refractivity contribution in [3.8, 4) is 22.6 Å². The van der Waals surface area contributed by atoms with E-state index in [4.69, 9.17) is 10.5 Å². The van der Waals surface area contributed by atoms with Gasteiger partial charge in [0.2, 0.25) is 5.91 Å². The molecule has 6 atom stereocenters. The molecule has 2 aromatic rings. The first-order valence-electron chi connectivity index (χ1n) is 14.4. The Morgan fingerprint density at radius 2 is 1.86 bits per heavy atom. The van der Waals surface area contributed by atoms with E-state index in [0.717, 1.165) is 11.1 Å². The first-order chi connectivity index (χ1) is 20.2. The molecule has 11 nitrogen and oxygen atoms in total. The van der Waals surface area contributed by atoms with Crippen LogP contribution in [-0.2, 0) is 22.6 Å². The first-order valence-corrected chi connectivity index (χ1v) is 14.4. The quantitative estimate of drug-likeness (QED) is 0.257. The number of Topliss-reactive ketones (excluding diaryl/α,β-unsaturated/α-hetero) is 2. The van der Waals surface area contributed by atoms with E-state index < -0.39 is 58.7 Å². The van der Waals surface area contributed by atoms with Crippen LogP contribution in [0.4, 0.5) is 0 Å². The zero-order chi connectivity index (χ0) is 31.5. The molecule has 2 unspecified atom stereocenters. The third-order valence-electron chi connectivity index (χ3n) is 9.25. The first kappa shape index (κ1) is 30.7. The van der Waals surface area contributed by atoms with E-state index >= 15 is 0 Å². The van der Waals surface area contributed by atoms with Gasteiger partial charge in [-0.25, -0.2) is 0 Å². The van der Waals surface area contributed by atoms with E-state index in [9.17, 15) is 34.8 Å². The Kier molecular flexibility index (Phi) is 7.89. The Morgan fingerprint density at radius 1 is 1.16 bits per heavy atom. The molecule has 3 aliphatic rings. The van der Waals surface area contributed by atoms with Crippen molar-refractivity contribution in [2.24, 2.45) is 23.5 Å². The number of nitrogens with one attached hydrogen (secondary N) is 1. The molecule has 11 heteroatoms. The number of hydrogen-bond donors (Lipinski definition) is 6. The summed E-state index contributed by atoms with van der Waals surface area (Å²) in [6, 6.07) is 8.21. The predicted octanol–water partition coefficient (Wildman–Crippen LogP) is 1.46. The third kappa shape index (κ3) is 4.71. The molecule has 7 N–H and O–H groups in total. The van der Waals surface area contributed by atoms with Gasteiger partial charge < -0.3 is 41.1 Å². The number of fused-ring (bicyclic) bond motifs is 3. The molecule has 230 valence electrons. The fraction of sp³-hybridized carbons (Fsp3) is 0.469. The molecule has 0 bridgehead atoms. The average molecular weight is 594 g/mol. The van der Waals surface area contributed by atoms with Crippen molar-refractivity contribution in [3.05, 3.63) is 58.4 Å². The van der Waals surface area contributed by atoms with Crippen LogP contribution in [0.15, 0.2) is 41.7 Å². The number of allylic oxidation sites excluding steroid dienone is 1. The molecule has 0 heterocycles. The van der Waals surface area contributed by atoms with Crippen LogP contribution in [-0.4, -0.2) is 87.8 Å². The second-order valence-corrected chi connectivity index (χ2v) is 12.3. The van der Waals surface area contributed by atoms with Crippen molar-refractivity contribution in [1.29, 1.82) is 0 Å². The van der Waals surface area contributed by atoms with Crippen molar-refractivity contribution in [3.63, 3.8) is 0 Å². The summed E-state index contributed by atoms with van der Waals surface area (Å²) in [4.78, 5) is 41.5. The molecule has 1 saturated carbocycles. The highest BCUT2D eigenvalue weighted by Crippen LogP contribution is 2.53. The lowest BCUT2D eigenvalue weighted by molar-refractivity contribution is -0.178. The SMILES string of the molecule is COc1ccc(CNC(C)C)cc1-c1ccc(O)c2c1C[C@H]1C[C@H]3[C@H](N(C)C)C(O)C(C(N)=O)C(=O)[C@@]3(O)C(O)=C1C2=O. The number of phenols is 1. The maximum atomic E-state index is 14.1. The van der Waals surface area contributed by atoms with Crippen molar-refractivity contribution in [2.75, 3.05) is 21.2 Å². The standard InChI is InChI=1S/C32H39N3O8/c1-14(2)34-13-15-6-9-22(43-5)18(10-15)17-7-8-21(36)24-19(17)11-16-12-20-26(35(3)4)28(38)25(31(33)41)30(40)32(20,42)29(39)23(16)27(24)37/h6-10,14,16,20,25-26,28,34,36,38-39,42H,11-13H2,1-5H3,(H2,33,41)/t16-,20-,25?,26-,28?,32-/m0/s1. The smallest absolute Gasteiger partial charge is 0.230 e. The molecule has 0 aromatic heterocycles. The summed E-state index contributed by atoms with van der Waals surface area (Å²) in [7, 11) is 4.81. The van der Waals surface area contributed by atoms with E-state index in [2.05, 4.69) is 5.32 Å². The van der Waals surface area contributed by atoms with E-state index in [1.165, 1.54) is 6.07 Å². The number of benzene rings is 2. The molecule has 1 amide bonds. The molecule has 43 heavy (non-hydrogen) atoms. The largest absolute Gasteiger partial charge is 0.508 e. The fourth-order valence-electron chi connectivity index (χ4n) is 7.26. The molecule has 0 spiro atoms. The van der Waals surface area contributed by atoms with Crippen LogP contribution < -0.4 is 15.8 Å². The summed E-state index contributed by atoms with van der Waals surface area (Å²) in [5.41, 5.74) is 5.53. The molecular formula is C32H39N3O8. The van der Waals surface area contributed by atoms with Crippen LogP contribution in [0.25, 0.3) is 11.1 Å². The molecule has 3 aliphatic carbocycles. The van der Waals surface area contributed by atoms with Gasteiger partial charge in [-0.3, -0.25) is 14.4 Å². The molecule has 0 saturated heterocycles. The van der Waals surface area contributed by atoms with Gasteiger partial charge in [0.25, 0.3) is 0 Å². The summed E-state index contributed by atoms with van der Waals surface area (Å²) in [6.07, 6.45) is -1.29. The average Bonchev–Trinajstić information content (AvgIpc) is 2.93. The number of amides is 1. The van der Waals surface area contributed by atoms with Crippen molar-refractivity contribution in [2.45, 2.75) is 57.0 Å². The molecule has 5 rings (SSSR count). The number of aliphatic hydroxyl groups is 3. The Bertz CT molecular complexity index is 1530. The second kappa shape index (κ2) is 11.1. The topological polar surface area (TPSA) is 183 Å². The number of aromatic hydroxyl groups is 1. The number of primary amides is 1. The zero-order valence-electron chi connectivity index (χ0n) is 24.9. The molecule has 0 radical (unpaired) electrons. The Labute approximate surface area is 250 Å². The third-order valence-corrected chi connectivity index (χ3v) is 9.25. The summed E-state index contributed by atoms with van der Waals surface area (Å²) >= 11 is 0. The van der Waals surface area contributed by atoms with E-state index in [-0.39, 0.29) is 35.8 Å². The number of carbonyl (C=O) groups excluding carboxylic acids is 3. The van der Waals surface area contributed by atoms with Gasteiger partial charge >= 0.3 is 0 Å². The second-order valence-electron chi connectivity index (χ2n) is 12.3. The van der Waals surface area contributed by atoms with Gasteiger partial charge in [0.05, 0.1) is 18.8 Å². The minimum atomic E-state index is -2.62. The maximum Gasteiger partial charge on any atom is 0.230 e. The van der Waals surface area contributed by atoms with Crippen molar-refractivity contribution < 1.29 is 39.5 Å². The molecular weight excluding hydrogens is 554 g/mol. The number of ether oxygens (including phenoxy) is 1. The molecule has 2 aromatic carbocycles. The lowest BCUT2D eigenvalue weighted by atomic mass is 9.55. The van der Waals surface area contributed by atoms with Crippen molar-refractivity contribution in [1.82, 2.24) is 10.2 Å². The van der Waals surface area contributed by atoms with Crippen LogP contribution in [0.3, 0.4) is 0 Å². The summed E-state index contributed by atoms with van der Waals surface area (Å²) in [5, 5.41) is 48.8. The van der Waals surface area contributed by atoms with E-state index in [1.807, 2.05) is 32.0 Å². The van der Waals surface area contributed by atoms with Crippen LogP contribution >= 0.6 is 0 Å². The van der Waals surface area contributed by atoms with Crippen LogP contribution in [0.1, 0.15) is 41.8 Å². The minimum absolute atomic E-state index is 0.0379. The number of methoxy groups -OCH3 is 1. The molecule has 1 fully saturated rings. The highest BCUT2D eigenvalue weighted by molar-refractivity contribution is 6.16. The van der Waals surface area contributed by atoms with E-state index in [0.29, 0.717) is 23.4 Å². The minimum Gasteiger partial charge on any atom is -0.508 e. The lowest BCUT2D eigenvalue weighted by Gasteiger charge is -2.53. The van der Waals surface area contributed by atoms with Gasteiger partial charge in [-0.05, 0) is 67.7 Å². The van der Waals surface area contributed by atoms with E-state index in [1.54, 1.807) is 32.2 Å². The van der Waals surface area contributed by atoms with Gasteiger partial charge in [0.1, 0.15) is 23.2 Å². The summed E-state index contributed by atoms with van der Waals surface area (Å²) < 4.78 is 5.67. The highest BCUT2D eigenvalue weighted by atomic mass is 16.5. The fourth-order valence-corrected chi connectivity index (χ4v) is 7.26. The van der Waals surface area contributed by atoms with Gasteiger partial charge in [-0.2, -0.15) is 0 Å². The molecule has 0 aliphatic heterocycles. The number of aliphatic hydroxyl groups excluding tert-OH is 2. The number of nitrogens with zero attached hydrogens (tertiary/aromatic N) is 1. The van der Waals surface area contributed by atoms with Crippen LogP contribution in [0.2, 0.25) is 0 Å². The van der Waals surface area contributed by atoms with Gasteiger partial charge in [-0.1, -0.05) is 26.0 Å². The van der Waals surface area contributed by atoms with Crippen LogP contribution in [0, 0.1) is 17.8 Å². The number of hydrogen-bond acceptors (Lipinski definition) is 10. The summed E-state index contributed by atoms with van der Waals surface area (Å²) in [5.74, 6) is -7.10. The summed E-state index contributed by atoms with van der Waals surface area (Å²) in [6.45, 7) is 4.70. The monoisotopic (exact) mass is 593 g/mol. The Hall–Kier alpha value is -3.77. The zero-order valence-corrected chi connectivity index (χ0v) is 24.9. The Balaban J connectivity index is 1.68. The number of carbonyl (C=O) groups is 3. The number of nitrogens with two attached hydrogens (primary N) is 1. The lowest BCUT2D eigenvalue weighted by Crippen LogP contribution is -2.71. The number of rotatable bonds is 7. The van der Waals surface area contributed by atoms with Crippen molar-refractivity contribution >= 4 is 17.5 Å². The maximum absolute atomic E-state index is 14.1. The number of phenolic OH excluding ortho intramolecular Hbond substituents is 1.